The molecular weight excluding hydrogens is 366 g/mol. The number of rotatable bonds is 5. The third kappa shape index (κ3) is 5.00. The molecule has 0 atom stereocenters. The van der Waals surface area contributed by atoms with Crippen molar-refractivity contribution in [2.45, 2.75) is 6.61 Å². The van der Waals surface area contributed by atoms with Gasteiger partial charge in [0.15, 0.2) is 0 Å². The van der Waals surface area contributed by atoms with Crippen molar-refractivity contribution >= 4 is 34.1 Å². The standard InChI is InChI=1S/C16H14BrNO5/c1-21-15(19)13(9-14-12(17)7-8-22-14)18-16(20)23-10-11-5-3-2-4-6-11/h2-9H,10H2,1H3,(H,18,20). The second kappa shape index (κ2) is 8.19. The summed E-state index contributed by atoms with van der Waals surface area (Å²) in [6.07, 6.45) is 2.02. The Labute approximate surface area is 141 Å². The molecule has 0 bridgehead atoms. The first-order valence-corrected chi connectivity index (χ1v) is 7.40. The molecule has 0 unspecified atom stereocenters. The van der Waals surface area contributed by atoms with Crippen LogP contribution in [0.15, 0.2) is 57.2 Å². The van der Waals surface area contributed by atoms with Crippen molar-refractivity contribution in [3.8, 4) is 0 Å². The molecule has 0 saturated carbocycles. The van der Waals surface area contributed by atoms with Crippen molar-refractivity contribution in [3.63, 3.8) is 0 Å². The van der Waals surface area contributed by atoms with Gasteiger partial charge in [0.2, 0.25) is 0 Å². The highest BCUT2D eigenvalue weighted by Crippen LogP contribution is 2.20. The van der Waals surface area contributed by atoms with Crippen LogP contribution in [-0.2, 0) is 20.9 Å². The summed E-state index contributed by atoms with van der Waals surface area (Å²) in [5.74, 6) is -0.348. The summed E-state index contributed by atoms with van der Waals surface area (Å²) in [7, 11) is 1.21. The first kappa shape index (κ1) is 16.8. The quantitative estimate of drug-likeness (QED) is 0.635. The molecule has 2 aromatic rings. The second-order valence-electron chi connectivity index (χ2n) is 4.37. The number of halogens is 1. The highest BCUT2D eigenvalue weighted by molar-refractivity contribution is 9.10. The first-order valence-electron chi connectivity index (χ1n) is 6.61. The number of carbonyl (C=O) groups excluding carboxylic acids is 2. The number of benzene rings is 1. The SMILES string of the molecule is COC(=O)C(=Cc1occc1Br)NC(=O)OCc1ccccc1. The minimum Gasteiger partial charge on any atom is -0.464 e. The van der Waals surface area contributed by atoms with Gasteiger partial charge in [-0.25, -0.2) is 9.59 Å². The molecule has 7 heteroatoms. The van der Waals surface area contributed by atoms with Crippen molar-refractivity contribution in [1.29, 1.82) is 0 Å². The Morgan fingerprint density at radius 1 is 1.26 bits per heavy atom. The van der Waals surface area contributed by atoms with E-state index in [1.54, 1.807) is 6.07 Å². The molecule has 1 N–H and O–H groups in total. The molecule has 23 heavy (non-hydrogen) atoms. The number of alkyl carbamates (subject to hydrolysis) is 1. The zero-order chi connectivity index (χ0) is 16.7. The number of amides is 1. The molecule has 0 aliphatic carbocycles. The largest absolute Gasteiger partial charge is 0.464 e. The van der Waals surface area contributed by atoms with Gasteiger partial charge in [-0.1, -0.05) is 30.3 Å². The lowest BCUT2D eigenvalue weighted by Crippen LogP contribution is -2.28. The Kier molecular flexibility index (Phi) is 5.99. The molecule has 0 aliphatic rings. The summed E-state index contributed by atoms with van der Waals surface area (Å²) < 4.78 is 15.5. The summed E-state index contributed by atoms with van der Waals surface area (Å²) in [6, 6.07) is 10.8. The predicted octanol–water partition coefficient (Wildman–Crippen LogP) is 3.48. The average Bonchev–Trinajstić information content (AvgIpc) is 2.97. The first-order chi connectivity index (χ1) is 11.1. The van der Waals surface area contributed by atoms with Crippen molar-refractivity contribution in [1.82, 2.24) is 5.32 Å². The maximum Gasteiger partial charge on any atom is 0.412 e. The van der Waals surface area contributed by atoms with Gasteiger partial charge in [0.05, 0.1) is 17.8 Å². The van der Waals surface area contributed by atoms with Gasteiger partial charge in [-0.15, -0.1) is 0 Å². The molecule has 2 rings (SSSR count). The van der Waals surface area contributed by atoms with Gasteiger partial charge in [-0.2, -0.15) is 0 Å². The van der Waals surface area contributed by atoms with Crippen LogP contribution in [0.25, 0.3) is 6.08 Å². The van der Waals surface area contributed by atoms with Gasteiger partial charge in [0.25, 0.3) is 0 Å². The van der Waals surface area contributed by atoms with E-state index in [1.165, 1.54) is 19.4 Å². The topological polar surface area (TPSA) is 77.8 Å². The average molecular weight is 380 g/mol. The lowest BCUT2D eigenvalue weighted by molar-refractivity contribution is -0.136. The van der Waals surface area contributed by atoms with E-state index < -0.39 is 12.1 Å². The van der Waals surface area contributed by atoms with Gasteiger partial charge >= 0.3 is 12.1 Å². The van der Waals surface area contributed by atoms with Crippen molar-refractivity contribution in [2.24, 2.45) is 0 Å². The van der Waals surface area contributed by atoms with E-state index in [1.807, 2.05) is 30.3 Å². The Balaban J connectivity index is 2.03. The molecule has 120 valence electrons. The summed E-state index contributed by atoms with van der Waals surface area (Å²) >= 11 is 3.26. The van der Waals surface area contributed by atoms with Crippen LogP contribution in [0.4, 0.5) is 4.79 Å². The molecule has 0 aliphatic heterocycles. The van der Waals surface area contributed by atoms with E-state index in [4.69, 9.17) is 9.15 Å². The minimum atomic E-state index is -0.770. The fourth-order valence-corrected chi connectivity index (χ4v) is 1.98. The Morgan fingerprint density at radius 2 is 2.00 bits per heavy atom. The Morgan fingerprint density at radius 3 is 2.61 bits per heavy atom. The highest BCUT2D eigenvalue weighted by atomic mass is 79.9. The lowest BCUT2D eigenvalue weighted by Gasteiger charge is -2.09. The van der Waals surface area contributed by atoms with Crippen LogP contribution < -0.4 is 5.32 Å². The maximum absolute atomic E-state index is 11.8. The van der Waals surface area contributed by atoms with Crippen LogP contribution in [0.3, 0.4) is 0 Å². The van der Waals surface area contributed by atoms with Crippen LogP contribution in [0.2, 0.25) is 0 Å². The number of ether oxygens (including phenoxy) is 2. The van der Waals surface area contributed by atoms with Crippen LogP contribution in [0, 0.1) is 0 Å². The number of hydrogen-bond acceptors (Lipinski definition) is 5. The molecule has 6 nitrogen and oxygen atoms in total. The van der Waals surface area contributed by atoms with Gasteiger partial charge in [-0.3, -0.25) is 5.32 Å². The summed E-state index contributed by atoms with van der Waals surface area (Å²) in [5.41, 5.74) is 0.737. The fourth-order valence-electron chi connectivity index (χ4n) is 1.66. The number of hydrogen-bond donors (Lipinski definition) is 1. The normalized spacial score (nSPS) is 11.0. The van der Waals surface area contributed by atoms with E-state index >= 15 is 0 Å². The van der Waals surface area contributed by atoms with Crippen LogP contribution in [0.1, 0.15) is 11.3 Å². The number of nitrogens with one attached hydrogen (secondary N) is 1. The van der Waals surface area contributed by atoms with E-state index in [9.17, 15) is 9.59 Å². The lowest BCUT2D eigenvalue weighted by atomic mass is 10.2. The minimum absolute atomic E-state index is 0.0889. The zero-order valence-corrected chi connectivity index (χ0v) is 13.8. The molecule has 0 spiro atoms. The third-order valence-corrected chi connectivity index (χ3v) is 3.43. The van der Waals surface area contributed by atoms with E-state index in [0.717, 1.165) is 5.56 Å². The number of methoxy groups -OCH3 is 1. The van der Waals surface area contributed by atoms with Gasteiger partial charge in [0.1, 0.15) is 18.1 Å². The molecule has 1 heterocycles. The van der Waals surface area contributed by atoms with Crippen molar-refractivity contribution in [2.75, 3.05) is 7.11 Å². The molecule has 0 radical (unpaired) electrons. The fraction of sp³-hybridized carbons (Fsp3) is 0.125. The molecule has 0 saturated heterocycles. The summed E-state index contributed by atoms with van der Waals surface area (Å²) in [4.78, 5) is 23.6. The van der Waals surface area contributed by atoms with Gasteiger partial charge in [-0.05, 0) is 27.6 Å². The van der Waals surface area contributed by atoms with Gasteiger partial charge in [0, 0.05) is 6.08 Å². The predicted molar refractivity (Wildman–Crippen MR) is 86.2 cm³/mol. The van der Waals surface area contributed by atoms with Crippen LogP contribution >= 0.6 is 15.9 Å². The Bertz CT molecular complexity index is 708. The summed E-state index contributed by atoms with van der Waals surface area (Å²) in [6.45, 7) is 0.0889. The van der Waals surface area contributed by atoms with E-state index in [-0.39, 0.29) is 12.3 Å². The molecule has 1 aromatic carbocycles. The van der Waals surface area contributed by atoms with E-state index in [0.29, 0.717) is 10.2 Å². The third-order valence-electron chi connectivity index (χ3n) is 2.77. The molecule has 1 amide bonds. The molecule has 1 aromatic heterocycles. The molecular formula is C16H14BrNO5. The van der Waals surface area contributed by atoms with Crippen LogP contribution in [-0.4, -0.2) is 19.2 Å². The number of carbonyl (C=O) groups is 2. The summed E-state index contributed by atoms with van der Waals surface area (Å²) in [5, 5.41) is 2.35. The monoisotopic (exact) mass is 379 g/mol. The van der Waals surface area contributed by atoms with Gasteiger partial charge < -0.3 is 13.9 Å². The van der Waals surface area contributed by atoms with Crippen molar-refractivity contribution < 1.29 is 23.5 Å². The smallest absolute Gasteiger partial charge is 0.412 e. The zero-order valence-electron chi connectivity index (χ0n) is 12.2. The highest BCUT2D eigenvalue weighted by Gasteiger charge is 2.16. The maximum atomic E-state index is 11.8. The Hall–Kier alpha value is -2.54. The number of furan rings is 1. The van der Waals surface area contributed by atoms with Crippen molar-refractivity contribution in [3.05, 3.63) is 64.2 Å². The molecule has 0 fully saturated rings. The van der Waals surface area contributed by atoms with E-state index in [2.05, 4.69) is 26.0 Å². The number of esters is 1. The van der Waals surface area contributed by atoms with Crippen LogP contribution in [0.5, 0.6) is 0 Å². The second-order valence-corrected chi connectivity index (χ2v) is 5.22.